The van der Waals surface area contributed by atoms with E-state index in [9.17, 15) is 4.79 Å². The molecule has 0 radical (unpaired) electrons. The normalized spacial score (nSPS) is 12.5. The average molecular weight is 373 g/mol. The van der Waals surface area contributed by atoms with E-state index in [2.05, 4.69) is 46.9 Å². The summed E-state index contributed by atoms with van der Waals surface area (Å²) in [4.78, 5) is 18.9. The Morgan fingerprint density at radius 3 is 2.50 bits per heavy atom. The van der Waals surface area contributed by atoms with Crippen LogP contribution in [0.1, 0.15) is 33.5 Å². The lowest BCUT2D eigenvalue weighted by Crippen LogP contribution is -2.43. The standard InChI is InChI=1S/C20H28N4OS/c1-15(14-18-11-10-16(2)26-18)24-20(21-3)23-13-7-12-22-19(25)17-8-5-4-6-9-17/h4-6,8-11,15H,7,12-14H2,1-3H3,(H,22,25)(H2,21,23,24). The highest BCUT2D eigenvalue weighted by molar-refractivity contribution is 7.11. The number of guanidine groups is 1. The van der Waals surface area contributed by atoms with Gasteiger partial charge in [-0.3, -0.25) is 9.79 Å². The summed E-state index contributed by atoms with van der Waals surface area (Å²) in [5.41, 5.74) is 0.690. The molecule has 1 atom stereocenters. The van der Waals surface area contributed by atoms with Crippen molar-refractivity contribution >= 4 is 23.2 Å². The van der Waals surface area contributed by atoms with Gasteiger partial charge in [-0.2, -0.15) is 0 Å². The Kier molecular flexibility index (Phi) is 8.15. The number of nitrogens with zero attached hydrogens (tertiary/aromatic N) is 1. The first kappa shape index (κ1) is 20.0. The van der Waals surface area contributed by atoms with Crippen LogP contribution in [0.4, 0.5) is 0 Å². The molecule has 1 unspecified atom stereocenters. The molecule has 0 saturated carbocycles. The summed E-state index contributed by atoms with van der Waals surface area (Å²) in [7, 11) is 1.77. The molecule has 1 amide bonds. The third-order valence-corrected chi connectivity index (χ3v) is 4.90. The summed E-state index contributed by atoms with van der Waals surface area (Å²) in [6, 6.07) is 13.9. The molecule has 0 aliphatic rings. The fraction of sp³-hybridized carbons (Fsp3) is 0.400. The van der Waals surface area contributed by atoms with Gasteiger partial charge in [-0.25, -0.2) is 0 Å². The Hall–Kier alpha value is -2.34. The SMILES string of the molecule is CN=C(NCCCNC(=O)c1ccccc1)NC(C)Cc1ccc(C)s1. The van der Waals surface area contributed by atoms with Crippen molar-refractivity contribution in [2.45, 2.75) is 32.7 Å². The number of hydrogen-bond acceptors (Lipinski definition) is 3. The topological polar surface area (TPSA) is 65.5 Å². The van der Waals surface area contributed by atoms with Crippen LogP contribution >= 0.6 is 11.3 Å². The van der Waals surface area contributed by atoms with Gasteiger partial charge in [0.05, 0.1) is 0 Å². The Balaban J connectivity index is 1.63. The third-order valence-electron chi connectivity index (χ3n) is 3.88. The number of carbonyl (C=O) groups excluding carboxylic acids is 1. The molecule has 1 aromatic heterocycles. The minimum atomic E-state index is -0.0343. The minimum Gasteiger partial charge on any atom is -0.356 e. The highest BCUT2D eigenvalue weighted by Gasteiger charge is 2.08. The molecule has 0 aliphatic heterocycles. The lowest BCUT2D eigenvalue weighted by atomic mass is 10.2. The van der Waals surface area contributed by atoms with Crippen LogP contribution in [0.25, 0.3) is 0 Å². The zero-order valence-electron chi connectivity index (χ0n) is 15.7. The van der Waals surface area contributed by atoms with Crippen LogP contribution in [-0.4, -0.2) is 38.0 Å². The number of aryl methyl sites for hydroxylation is 1. The van der Waals surface area contributed by atoms with Crippen LogP contribution in [0.15, 0.2) is 47.5 Å². The predicted octanol–water partition coefficient (Wildman–Crippen LogP) is 2.97. The van der Waals surface area contributed by atoms with Gasteiger partial charge in [-0.05, 0) is 44.5 Å². The van der Waals surface area contributed by atoms with Crippen molar-refractivity contribution in [3.05, 3.63) is 57.8 Å². The molecule has 1 aromatic carbocycles. The second-order valence-electron chi connectivity index (χ2n) is 6.24. The monoisotopic (exact) mass is 372 g/mol. The Morgan fingerprint density at radius 1 is 1.12 bits per heavy atom. The molecule has 0 aliphatic carbocycles. The molecule has 140 valence electrons. The molecule has 2 rings (SSSR count). The number of nitrogens with one attached hydrogen (secondary N) is 3. The molecule has 0 fully saturated rings. The molecule has 6 heteroatoms. The van der Waals surface area contributed by atoms with E-state index in [1.54, 1.807) is 7.05 Å². The van der Waals surface area contributed by atoms with Gasteiger partial charge in [0, 0.05) is 47.9 Å². The van der Waals surface area contributed by atoms with Crippen LogP contribution in [0.2, 0.25) is 0 Å². The first-order valence-electron chi connectivity index (χ1n) is 8.94. The van der Waals surface area contributed by atoms with Crippen LogP contribution in [0, 0.1) is 6.92 Å². The molecule has 2 aromatic rings. The van der Waals surface area contributed by atoms with Gasteiger partial charge in [0.25, 0.3) is 5.91 Å². The molecule has 0 spiro atoms. The first-order valence-corrected chi connectivity index (χ1v) is 9.76. The first-order chi connectivity index (χ1) is 12.6. The summed E-state index contributed by atoms with van der Waals surface area (Å²) in [6.45, 7) is 5.66. The highest BCUT2D eigenvalue weighted by Crippen LogP contribution is 2.16. The molecule has 3 N–H and O–H groups in total. The molecule has 1 heterocycles. The number of benzene rings is 1. The van der Waals surface area contributed by atoms with E-state index in [4.69, 9.17) is 0 Å². The highest BCUT2D eigenvalue weighted by atomic mass is 32.1. The molecule has 26 heavy (non-hydrogen) atoms. The predicted molar refractivity (Wildman–Crippen MR) is 110 cm³/mol. The molecule has 5 nitrogen and oxygen atoms in total. The van der Waals surface area contributed by atoms with E-state index in [0.717, 1.165) is 25.3 Å². The largest absolute Gasteiger partial charge is 0.356 e. The Bertz CT molecular complexity index is 712. The maximum absolute atomic E-state index is 12.0. The van der Waals surface area contributed by atoms with E-state index in [1.807, 2.05) is 41.7 Å². The molecule has 0 saturated heterocycles. The maximum atomic E-state index is 12.0. The van der Waals surface area contributed by atoms with Crippen molar-refractivity contribution in [1.82, 2.24) is 16.0 Å². The number of carbonyl (C=O) groups is 1. The van der Waals surface area contributed by atoms with Crippen LogP contribution in [0.5, 0.6) is 0 Å². The van der Waals surface area contributed by atoms with E-state index in [0.29, 0.717) is 18.2 Å². The quantitative estimate of drug-likeness (QED) is 0.379. The van der Waals surface area contributed by atoms with Crippen molar-refractivity contribution in [3.8, 4) is 0 Å². The smallest absolute Gasteiger partial charge is 0.251 e. The zero-order valence-corrected chi connectivity index (χ0v) is 16.5. The number of amides is 1. The summed E-state index contributed by atoms with van der Waals surface area (Å²) in [5, 5.41) is 9.63. The van der Waals surface area contributed by atoms with Crippen molar-refractivity contribution in [2.24, 2.45) is 4.99 Å². The summed E-state index contributed by atoms with van der Waals surface area (Å²) < 4.78 is 0. The molecular weight excluding hydrogens is 344 g/mol. The van der Waals surface area contributed by atoms with Crippen molar-refractivity contribution in [2.75, 3.05) is 20.1 Å². The summed E-state index contributed by atoms with van der Waals surface area (Å²) >= 11 is 1.84. The minimum absolute atomic E-state index is 0.0343. The molecular formula is C20H28N4OS. The lowest BCUT2D eigenvalue weighted by molar-refractivity contribution is 0.0953. The van der Waals surface area contributed by atoms with E-state index < -0.39 is 0 Å². The number of rotatable bonds is 8. The lowest BCUT2D eigenvalue weighted by Gasteiger charge is -2.17. The van der Waals surface area contributed by atoms with Crippen molar-refractivity contribution in [1.29, 1.82) is 0 Å². The van der Waals surface area contributed by atoms with Gasteiger partial charge in [0.2, 0.25) is 0 Å². The van der Waals surface area contributed by atoms with Crippen molar-refractivity contribution in [3.63, 3.8) is 0 Å². The van der Waals surface area contributed by atoms with Crippen LogP contribution < -0.4 is 16.0 Å². The average Bonchev–Trinajstić information content (AvgIpc) is 3.05. The van der Waals surface area contributed by atoms with Gasteiger partial charge in [0.1, 0.15) is 0 Å². The van der Waals surface area contributed by atoms with E-state index in [1.165, 1.54) is 9.75 Å². The van der Waals surface area contributed by atoms with E-state index >= 15 is 0 Å². The molecule has 0 bridgehead atoms. The van der Waals surface area contributed by atoms with Gasteiger partial charge in [-0.15, -0.1) is 11.3 Å². The number of thiophene rings is 1. The second-order valence-corrected chi connectivity index (χ2v) is 7.61. The maximum Gasteiger partial charge on any atom is 0.251 e. The number of aliphatic imine (C=N–C) groups is 1. The van der Waals surface area contributed by atoms with Gasteiger partial charge in [-0.1, -0.05) is 18.2 Å². The summed E-state index contributed by atoms with van der Waals surface area (Å²) in [5.74, 6) is 0.758. The summed E-state index contributed by atoms with van der Waals surface area (Å²) in [6.07, 6.45) is 1.81. The zero-order chi connectivity index (χ0) is 18.8. The van der Waals surface area contributed by atoms with E-state index in [-0.39, 0.29) is 5.91 Å². The Morgan fingerprint density at radius 2 is 1.85 bits per heavy atom. The van der Waals surface area contributed by atoms with Crippen LogP contribution in [-0.2, 0) is 6.42 Å². The second kappa shape index (κ2) is 10.6. The fourth-order valence-corrected chi connectivity index (χ4v) is 3.58. The third kappa shape index (κ3) is 6.88. The van der Waals surface area contributed by atoms with Crippen LogP contribution in [0.3, 0.4) is 0 Å². The van der Waals surface area contributed by atoms with Gasteiger partial charge < -0.3 is 16.0 Å². The number of hydrogen-bond donors (Lipinski definition) is 3. The fourth-order valence-electron chi connectivity index (χ4n) is 2.56. The van der Waals surface area contributed by atoms with Crippen molar-refractivity contribution < 1.29 is 4.79 Å². The van der Waals surface area contributed by atoms with Gasteiger partial charge in [0.15, 0.2) is 5.96 Å². The Labute approximate surface area is 159 Å². The van der Waals surface area contributed by atoms with Gasteiger partial charge >= 0.3 is 0 Å².